The highest BCUT2D eigenvalue weighted by Crippen LogP contribution is 2.23. The van der Waals surface area contributed by atoms with E-state index in [1.165, 1.54) is 18.2 Å². The smallest absolute Gasteiger partial charge is 0.203 e. The van der Waals surface area contributed by atoms with Gasteiger partial charge in [-0.05, 0) is 30.3 Å². The van der Waals surface area contributed by atoms with Crippen LogP contribution in [0.4, 0.5) is 10.1 Å². The maximum Gasteiger partial charge on any atom is 0.203 e. The van der Waals surface area contributed by atoms with Crippen molar-refractivity contribution in [1.29, 1.82) is 5.26 Å². The first kappa shape index (κ1) is 11.5. The van der Waals surface area contributed by atoms with Crippen LogP contribution in [0.25, 0.3) is 0 Å². The van der Waals surface area contributed by atoms with Gasteiger partial charge in [-0.1, -0.05) is 11.6 Å². The molecule has 0 unspecified atom stereocenters. The van der Waals surface area contributed by atoms with Crippen molar-refractivity contribution >= 4 is 17.3 Å². The van der Waals surface area contributed by atoms with Crippen LogP contribution in [0.3, 0.4) is 0 Å². The number of rotatable bonds is 3. The molecule has 1 aromatic carbocycles. The monoisotopic (exact) mass is 250 g/mol. The van der Waals surface area contributed by atoms with Gasteiger partial charge in [0.1, 0.15) is 17.6 Å². The molecular weight excluding hydrogens is 243 g/mol. The van der Waals surface area contributed by atoms with E-state index in [9.17, 15) is 4.39 Å². The van der Waals surface area contributed by atoms with E-state index in [1.807, 2.05) is 6.07 Å². The zero-order valence-corrected chi connectivity index (χ0v) is 9.46. The van der Waals surface area contributed by atoms with Crippen LogP contribution in [0.2, 0.25) is 5.02 Å². The average molecular weight is 251 g/mol. The van der Waals surface area contributed by atoms with Gasteiger partial charge in [0.15, 0.2) is 0 Å². The molecule has 2 rings (SSSR count). The first-order valence-electron chi connectivity index (χ1n) is 4.87. The number of anilines is 1. The maximum absolute atomic E-state index is 13.0. The van der Waals surface area contributed by atoms with Gasteiger partial charge < -0.3 is 9.73 Å². The average Bonchev–Trinajstić information content (AvgIpc) is 2.78. The van der Waals surface area contributed by atoms with Gasteiger partial charge >= 0.3 is 0 Å². The van der Waals surface area contributed by atoms with Gasteiger partial charge in [0.25, 0.3) is 0 Å². The second-order valence-corrected chi connectivity index (χ2v) is 3.76. The molecule has 0 aliphatic rings. The van der Waals surface area contributed by atoms with Crippen LogP contribution in [0.5, 0.6) is 0 Å². The van der Waals surface area contributed by atoms with E-state index in [2.05, 4.69) is 5.32 Å². The number of hydrogen-bond donors (Lipinski definition) is 1. The predicted octanol–water partition coefficient (Wildman–Crippen LogP) is 3.56. The van der Waals surface area contributed by atoms with Crippen LogP contribution in [0, 0.1) is 17.1 Å². The maximum atomic E-state index is 13.0. The second-order valence-electron chi connectivity index (χ2n) is 3.36. The number of benzene rings is 1. The topological polar surface area (TPSA) is 49.0 Å². The van der Waals surface area contributed by atoms with E-state index in [0.717, 1.165) is 0 Å². The second kappa shape index (κ2) is 4.89. The first-order valence-corrected chi connectivity index (χ1v) is 5.24. The Labute approximate surface area is 102 Å². The van der Waals surface area contributed by atoms with Crippen molar-refractivity contribution in [3.05, 3.63) is 52.7 Å². The molecule has 86 valence electrons. The molecule has 0 atom stereocenters. The molecule has 0 spiro atoms. The highest BCUT2D eigenvalue weighted by molar-refractivity contribution is 6.33. The van der Waals surface area contributed by atoms with Crippen LogP contribution in [-0.2, 0) is 6.54 Å². The van der Waals surface area contributed by atoms with Crippen molar-refractivity contribution in [2.24, 2.45) is 0 Å². The largest absolute Gasteiger partial charge is 0.449 e. The number of nitriles is 1. The molecule has 17 heavy (non-hydrogen) atoms. The molecule has 1 heterocycles. The van der Waals surface area contributed by atoms with Gasteiger partial charge in [0.05, 0.1) is 17.3 Å². The predicted molar refractivity (Wildman–Crippen MR) is 62.2 cm³/mol. The molecule has 1 aromatic heterocycles. The Kier molecular flexibility index (Phi) is 3.31. The Morgan fingerprint density at radius 2 is 2.18 bits per heavy atom. The van der Waals surface area contributed by atoms with Crippen molar-refractivity contribution in [3.63, 3.8) is 0 Å². The standard InChI is InChI=1S/C12H8ClFN2O/c13-11-4-1-8(14)5-12(11)16-7-10-3-2-9(6-15)17-10/h1-5,16H,7H2. The summed E-state index contributed by atoms with van der Waals surface area (Å²) in [6.45, 7) is 0.338. The minimum atomic E-state index is -0.367. The van der Waals surface area contributed by atoms with Crippen LogP contribution in [0.1, 0.15) is 11.5 Å². The van der Waals surface area contributed by atoms with Crippen LogP contribution >= 0.6 is 11.6 Å². The summed E-state index contributed by atoms with van der Waals surface area (Å²) < 4.78 is 18.1. The number of nitrogens with one attached hydrogen (secondary N) is 1. The summed E-state index contributed by atoms with van der Waals surface area (Å²) in [6.07, 6.45) is 0. The van der Waals surface area contributed by atoms with Gasteiger partial charge in [-0.25, -0.2) is 4.39 Å². The summed E-state index contributed by atoms with van der Waals surface area (Å²) in [6, 6.07) is 9.20. The third-order valence-electron chi connectivity index (χ3n) is 2.15. The van der Waals surface area contributed by atoms with Gasteiger partial charge in [0, 0.05) is 0 Å². The quantitative estimate of drug-likeness (QED) is 0.906. The summed E-state index contributed by atoms with van der Waals surface area (Å²) in [5, 5.41) is 11.9. The summed E-state index contributed by atoms with van der Waals surface area (Å²) in [7, 11) is 0. The molecule has 2 aromatic rings. The lowest BCUT2D eigenvalue weighted by atomic mass is 10.3. The highest BCUT2D eigenvalue weighted by Gasteiger charge is 2.04. The lowest BCUT2D eigenvalue weighted by molar-refractivity contribution is 0.506. The van der Waals surface area contributed by atoms with E-state index in [-0.39, 0.29) is 11.6 Å². The molecule has 0 saturated carbocycles. The first-order chi connectivity index (χ1) is 8.19. The number of nitrogens with zero attached hydrogens (tertiary/aromatic N) is 1. The van der Waals surface area contributed by atoms with E-state index < -0.39 is 0 Å². The fourth-order valence-electron chi connectivity index (χ4n) is 1.35. The summed E-state index contributed by atoms with van der Waals surface area (Å²) >= 11 is 5.88. The Balaban J connectivity index is 2.07. The molecule has 0 aliphatic carbocycles. The van der Waals surface area contributed by atoms with Gasteiger partial charge in [-0.2, -0.15) is 5.26 Å². The zero-order chi connectivity index (χ0) is 12.3. The molecule has 0 bridgehead atoms. The summed E-state index contributed by atoms with van der Waals surface area (Å²) in [5.74, 6) is 0.461. The third kappa shape index (κ3) is 2.77. The Morgan fingerprint density at radius 3 is 2.88 bits per heavy atom. The van der Waals surface area contributed by atoms with Gasteiger partial charge in [-0.15, -0.1) is 0 Å². The van der Waals surface area contributed by atoms with Crippen LogP contribution < -0.4 is 5.32 Å². The van der Waals surface area contributed by atoms with E-state index in [0.29, 0.717) is 23.0 Å². The van der Waals surface area contributed by atoms with Crippen molar-refractivity contribution < 1.29 is 8.81 Å². The molecule has 0 aliphatic heterocycles. The number of furan rings is 1. The molecule has 0 amide bonds. The number of halogens is 2. The molecule has 0 saturated heterocycles. The van der Waals surface area contributed by atoms with Crippen molar-refractivity contribution in [2.75, 3.05) is 5.32 Å². The Bertz CT molecular complexity index is 574. The molecule has 5 heteroatoms. The fourth-order valence-corrected chi connectivity index (χ4v) is 1.53. The van der Waals surface area contributed by atoms with Crippen LogP contribution in [0.15, 0.2) is 34.7 Å². The lowest BCUT2D eigenvalue weighted by Crippen LogP contribution is -1.99. The minimum absolute atomic E-state index is 0.243. The van der Waals surface area contributed by atoms with E-state index in [4.69, 9.17) is 21.3 Å². The zero-order valence-electron chi connectivity index (χ0n) is 8.71. The van der Waals surface area contributed by atoms with Crippen molar-refractivity contribution in [2.45, 2.75) is 6.54 Å². The number of hydrogen-bond acceptors (Lipinski definition) is 3. The molecular formula is C12H8ClFN2O. The summed E-state index contributed by atoms with van der Waals surface area (Å²) in [4.78, 5) is 0. The minimum Gasteiger partial charge on any atom is -0.449 e. The Hall–Kier alpha value is -1.99. The van der Waals surface area contributed by atoms with E-state index >= 15 is 0 Å². The molecule has 0 radical (unpaired) electrons. The lowest BCUT2D eigenvalue weighted by Gasteiger charge is -2.06. The summed E-state index contributed by atoms with van der Waals surface area (Å²) in [5.41, 5.74) is 0.488. The van der Waals surface area contributed by atoms with E-state index in [1.54, 1.807) is 12.1 Å². The SMILES string of the molecule is N#Cc1ccc(CNc2cc(F)ccc2Cl)o1. The Morgan fingerprint density at radius 1 is 1.35 bits per heavy atom. The van der Waals surface area contributed by atoms with Crippen LogP contribution in [-0.4, -0.2) is 0 Å². The van der Waals surface area contributed by atoms with Gasteiger partial charge in [-0.3, -0.25) is 0 Å². The highest BCUT2D eigenvalue weighted by atomic mass is 35.5. The third-order valence-corrected chi connectivity index (χ3v) is 2.48. The van der Waals surface area contributed by atoms with Gasteiger partial charge in [0.2, 0.25) is 5.76 Å². The molecule has 1 N–H and O–H groups in total. The fraction of sp³-hybridized carbons (Fsp3) is 0.0833. The normalized spacial score (nSPS) is 9.94. The molecule has 0 fully saturated rings. The molecule has 3 nitrogen and oxygen atoms in total. The van der Waals surface area contributed by atoms with Crippen molar-refractivity contribution in [1.82, 2.24) is 0 Å². The van der Waals surface area contributed by atoms with Crippen molar-refractivity contribution in [3.8, 4) is 6.07 Å².